The molecule has 3 heteroatoms. The highest BCUT2D eigenvalue weighted by Crippen LogP contribution is 2.38. The van der Waals surface area contributed by atoms with Crippen LogP contribution in [0.25, 0.3) is 0 Å². The van der Waals surface area contributed by atoms with E-state index in [0.29, 0.717) is 0 Å². The first-order valence-electron chi connectivity index (χ1n) is 9.23. The van der Waals surface area contributed by atoms with Crippen LogP contribution in [0.2, 0.25) is 0 Å². The molecule has 3 aromatic carbocycles. The van der Waals surface area contributed by atoms with E-state index in [2.05, 4.69) is 74.5 Å². The molecule has 0 N–H and O–H groups in total. The number of hydrogen-bond acceptors (Lipinski definition) is 1. The third-order valence-electron chi connectivity index (χ3n) is 4.57. The van der Waals surface area contributed by atoms with Gasteiger partial charge in [-0.15, -0.1) is 0 Å². The Labute approximate surface area is 167 Å². The summed E-state index contributed by atoms with van der Waals surface area (Å²) in [5.74, 6) is 0. The molecule has 0 aliphatic rings. The van der Waals surface area contributed by atoms with Crippen molar-refractivity contribution in [3.8, 4) is 0 Å². The summed E-state index contributed by atoms with van der Waals surface area (Å²) in [5, 5.41) is 3.87. The van der Waals surface area contributed by atoms with Gasteiger partial charge in [-0.3, -0.25) is 4.21 Å². The quantitative estimate of drug-likeness (QED) is 0.571. The van der Waals surface area contributed by atoms with E-state index in [-0.39, 0.29) is 4.75 Å². The summed E-state index contributed by atoms with van der Waals surface area (Å²) in [6.07, 6.45) is 0. The van der Waals surface area contributed by atoms with E-state index in [1.54, 1.807) is 0 Å². The Morgan fingerprint density at radius 3 is 1.52 bits per heavy atom. The van der Waals surface area contributed by atoms with Crippen molar-refractivity contribution in [1.29, 1.82) is 0 Å². The van der Waals surface area contributed by atoms with Crippen molar-refractivity contribution in [3.05, 3.63) is 83.9 Å². The molecule has 0 amide bonds. The van der Waals surface area contributed by atoms with Crippen molar-refractivity contribution in [2.75, 3.05) is 0 Å². The maximum atomic E-state index is 13.3. The Bertz CT molecular complexity index is 926. The van der Waals surface area contributed by atoms with Crippen molar-refractivity contribution in [2.24, 2.45) is 0 Å². The molecule has 0 bridgehead atoms. The molecular weight excluding hydrogens is 367 g/mol. The standard InChI is InChI=1S/C24H27OPS/c1-18-12-6-8-14-20(18)26(21-15-9-7-13-19(21)2)22-16-10-11-17-23(22)27(25)24(3,4)5/h6-17H,1-5H3. The predicted octanol–water partition coefficient (Wildman–Crippen LogP) is 4.97. The second-order valence-corrected chi connectivity index (χ2v) is 12.1. The van der Waals surface area contributed by atoms with Gasteiger partial charge in [-0.1, -0.05) is 66.7 Å². The molecule has 3 aromatic rings. The van der Waals surface area contributed by atoms with Crippen LogP contribution in [0.4, 0.5) is 0 Å². The lowest BCUT2D eigenvalue weighted by Gasteiger charge is -2.27. The van der Waals surface area contributed by atoms with Gasteiger partial charge in [-0.05, 0) is 70.3 Å². The van der Waals surface area contributed by atoms with Gasteiger partial charge in [0.25, 0.3) is 0 Å². The van der Waals surface area contributed by atoms with E-state index in [4.69, 9.17) is 0 Å². The van der Waals surface area contributed by atoms with Crippen LogP contribution in [0.5, 0.6) is 0 Å². The second-order valence-electron chi connectivity index (χ2n) is 7.76. The van der Waals surface area contributed by atoms with Crippen LogP contribution >= 0.6 is 7.92 Å². The molecular formula is C24H27OPS. The van der Waals surface area contributed by atoms with Crippen LogP contribution < -0.4 is 15.9 Å². The molecule has 0 saturated heterocycles. The maximum Gasteiger partial charge on any atom is 0.0590 e. The van der Waals surface area contributed by atoms with Gasteiger partial charge >= 0.3 is 0 Å². The topological polar surface area (TPSA) is 17.1 Å². The molecule has 1 nitrogen and oxygen atoms in total. The fourth-order valence-electron chi connectivity index (χ4n) is 3.15. The largest absolute Gasteiger partial charge is 0.254 e. The van der Waals surface area contributed by atoms with Crippen molar-refractivity contribution < 1.29 is 4.21 Å². The van der Waals surface area contributed by atoms with Crippen LogP contribution in [-0.2, 0) is 10.8 Å². The highest BCUT2D eigenvalue weighted by molar-refractivity contribution is 7.88. The Morgan fingerprint density at radius 2 is 1.07 bits per heavy atom. The van der Waals surface area contributed by atoms with Gasteiger partial charge in [0.15, 0.2) is 0 Å². The minimum atomic E-state index is -1.08. The van der Waals surface area contributed by atoms with E-state index in [0.717, 1.165) is 4.90 Å². The zero-order valence-electron chi connectivity index (χ0n) is 16.7. The molecule has 27 heavy (non-hydrogen) atoms. The van der Waals surface area contributed by atoms with E-state index >= 15 is 0 Å². The van der Waals surface area contributed by atoms with E-state index in [9.17, 15) is 4.21 Å². The van der Waals surface area contributed by atoms with Gasteiger partial charge < -0.3 is 0 Å². The molecule has 1 unspecified atom stereocenters. The summed E-state index contributed by atoms with van der Waals surface area (Å²) >= 11 is 0. The van der Waals surface area contributed by atoms with Gasteiger partial charge in [0.1, 0.15) is 0 Å². The summed E-state index contributed by atoms with van der Waals surface area (Å²) in [7, 11) is -1.86. The van der Waals surface area contributed by atoms with Crippen molar-refractivity contribution >= 4 is 34.6 Å². The van der Waals surface area contributed by atoms with Crippen molar-refractivity contribution in [2.45, 2.75) is 44.3 Å². The Hall–Kier alpha value is -1.76. The number of rotatable bonds is 4. The first-order valence-corrected chi connectivity index (χ1v) is 11.7. The van der Waals surface area contributed by atoms with Crippen LogP contribution in [0, 0.1) is 13.8 Å². The fourth-order valence-corrected chi connectivity index (χ4v) is 7.42. The van der Waals surface area contributed by atoms with Crippen LogP contribution in [0.1, 0.15) is 31.9 Å². The van der Waals surface area contributed by atoms with E-state index in [1.165, 1.54) is 27.0 Å². The Morgan fingerprint density at radius 1 is 0.667 bits per heavy atom. The number of benzene rings is 3. The lowest BCUT2D eigenvalue weighted by Crippen LogP contribution is -2.30. The van der Waals surface area contributed by atoms with Crippen LogP contribution in [0.3, 0.4) is 0 Å². The zero-order valence-corrected chi connectivity index (χ0v) is 18.4. The third-order valence-corrected chi connectivity index (χ3v) is 9.43. The summed E-state index contributed by atoms with van der Waals surface area (Å²) in [6.45, 7) is 10.5. The second kappa shape index (κ2) is 8.09. The molecule has 140 valence electrons. The summed E-state index contributed by atoms with van der Waals surface area (Å²) in [4.78, 5) is 0.961. The molecule has 0 aliphatic heterocycles. The maximum absolute atomic E-state index is 13.3. The molecule has 0 spiro atoms. The highest BCUT2D eigenvalue weighted by atomic mass is 32.2. The molecule has 1 atom stereocenters. The SMILES string of the molecule is Cc1ccccc1P(c1ccccc1C)c1ccccc1S(=O)C(C)(C)C. The van der Waals surface area contributed by atoms with Crippen molar-refractivity contribution in [1.82, 2.24) is 0 Å². The summed E-state index contributed by atoms with van der Waals surface area (Å²) in [6, 6.07) is 25.5. The number of aryl methyl sites for hydroxylation is 2. The lowest BCUT2D eigenvalue weighted by atomic mass is 10.2. The first kappa shape index (κ1) is 20.0. The molecule has 3 rings (SSSR count). The first-order chi connectivity index (χ1) is 12.8. The van der Waals surface area contributed by atoms with Crippen LogP contribution in [-0.4, -0.2) is 8.96 Å². The molecule has 0 aromatic heterocycles. The average Bonchev–Trinajstić information content (AvgIpc) is 2.64. The summed E-state index contributed by atoms with van der Waals surface area (Å²) < 4.78 is 13.0. The predicted molar refractivity (Wildman–Crippen MR) is 121 cm³/mol. The fraction of sp³-hybridized carbons (Fsp3) is 0.250. The van der Waals surface area contributed by atoms with Gasteiger partial charge in [-0.25, -0.2) is 0 Å². The molecule has 0 heterocycles. The average molecular weight is 395 g/mol. The molecule has 0 fully saturated rings. The normalized spacial score (nSPS) is 13.0. The van der Waals surface area contributed by atoms with Gasteiger partial charge in [0.2, 0.25) is 0 Å². The van der Waals surface area contributed by atoms with E-state index in [1.807, 2.05) is 32.9 Å². The zero-order chi connectivity index (χ0) is 19.6. The molecule has 0 radical (unpaired) electrons. The summed E-state index contributed by atoms with van der Waals surface area (Å²) in [5.41, 5.74) is 2.56. The Kier molecular flexibility index (Phi) is 5.99. The van der Waals surface area contributed by atoms with Crippen molar-refractivity contribution in [3.63, 3.8) is 0 Å². The lowest BCUT2D eigenvalue weighted by molar-refractivity contribution is 0.649. The highest BCUT2D eigenvalue weighted by Gasteiger charge is 2.28. The minimum absolute atomic E-state index is 0.297. The Balaban J connectivity index is 2.30. The monoisotopic (exact) mass is 394 g/mol. The number of hydrogen-bond donors (Lipinski definition) is 0. The van der Waals surface area contributed by atoms with Gasteiger partial charge in [0.05, 0.1) is 10.8 Å². The van der Waals surface area contributed by atoms with Gasteiger partial charge in [0, 0.05) is 14.9 Å². The van der Waals surface area contributed by atoms with Crippen LogP contribution in [0.15, 0.2) is 77.7 Å². The smallest absolute Gasteiger partial charge is 0.0590 e. The molecule has 0 saturated carbocycles. The van der Waals surface area contributed by atoms with Gasteiger partial charge in [-0.2, -0.15) is 0 Å². The van der Waals surface area contributed by atoms with E-state index < -0.39 is 18.7 Å². The molecule has 0 aliphatic carbocycles. The third kappa shape index (κ3) is 4.23. The minimum Gasteiger partial charge on any atom is -0.254 e.